The molecule has 76 valence electrons. The first-order chi connectivity index (χ1) is 6.39. The second kappa shape index (κ2) is 3.91. The summed E-state index contributed by atoms with van der Waals surface area (Å²) < 4.78 is 52.4. The van der Waals surface area contributed by atoms with Crippen LogP contribution in [0.3, 0.4) is 0 Å². The van der Waals surface area contributed by atoms with Crippen LogP contribution in [-0.2, 0) is 0 Å². The molecule has 0 aliphatic rings. The first-order valence-corrected chi connectivity index (χ1v) is 3.85. The molecule has 0 atom stereocenters. The Hall–Kier alpha value is -1.17. The van der Waals surface area contributed by atoms with Gasteiger partial charge in [0.2, 0.25) is 0 Å². The van der Waals surface area contributed by atoms with E-state index < -0.39 is 17.0 Å². The van der Waals surface area contributed by atoms with Gasteiger partial charge >= 0.3 is 6.18 Å². The van der Waals surface area contributed by atoms with Crippen molar-refractivity contribution in [1.82, 2.24) is 0 Å². The molecule has 0 aliphatic heterocycles. The molecule has 1 aromatic rings. The fraction of sp³-hybridized carbons (Fsp3) is 0.125. The van der Waals surface area contributed by atoms with Gasteiger partial charge in [0.05, 0.1) is 0 Å². The van der Waals surface area contributed by atoms with Crippen LogP contribution in [0.1, 0.15) is 0 Å². The minimum Gasteiger partial charge on any atom is -0.441 e. The lowest BCUT2D eigenvalue weighted by Gasteiger charge is -2.09. The Balaban J connectivity index is 2.75. The summed E-state index contributed by atoms with van der Waals surface area (Å²) >= 11 is 3.95. The molecule has 0 amide bonds. The van der Waals surface area contributed by atoms with E-state index in [0.717, 1.165) is 12.1 Å². The van der Waals surface area contributed by atoms with Crippen LogP contribution < -0.4 is 4.74 Å². The zero-order valence-corrected chi connectivity index (χ0v) is 7.45. The number of benzene rings is 1. The van der Waals surface area contributed by atoms with Crippen molar-refractivity contribution in [3.8, 4) is 5.75 Å². The van der Waals surface area contributed by atoms with Gasteiger partial charge in [0, 0.05) is 6.07 Å². The molecule has 0 aliphatic carbocycles. The van der Waals surface area contributed by atoms with Gasteiger partial charge in [-0.15, -0.1) is 0 Å². The van der Waals surface area contributed by atoms with Crippen LogP contribution in [0.25, 0.3) is 0 Å². The van der Waals surface area contributed by atoms with Crippen molar-refractivity contribution in [2.45, 2.75) is 6.18 Å². The maximum atomic E-state index is 12.5. The van der Waals surface area contributed by atoms with Gasteiger partial charge in [-0.1, -0.05) is 6.07 Å². The van der Waals surface area contributed by atoms with E-state index in [0.29, 0.717) is 0 Å². The molecule has 0 bridgehead atoms. The van der Waals surface area contributed by atoms with Crippen molar-refractivity contribution in [3.63, 3.8) is 0 Å². The normalized spacial score (nSPS) is 11.1. The first-order valence-electron chi connectivity index (χ1n) is 3.44. The monoisotopic (exact) mass is 224 g/mol. The number of rotatable bonds is 1. The highest BCUT2D eigenvalue weighted by Gasteiger charge is 2.36. The molecule has 0 saturated carbocycles. The first kappa shape index (κ1) is 10.9. The van der Waals surface area contributed by atoms with Crippen LogP contribution >= 0.6 is 12.2 Å². The van der Waals surface area contributed by atoms with E-state index >= 15 is 0 Å². The quantitative estimate of drug-likeness (QED) is 0.535. The fourth-order valence-corrected chi connectivity index (χ4v) is 0.792. The molecule has 0 aromatic heterocycles. The average Bonchev–Trinajstić information content (AvgIpc) is 2.02. The van der Waals surface area contributed by atoms with E-state index in [1.807, 2.05) is 0 Å². The number of halogens is 4. The molecule has 0 unspecified atom stereocenters. The van der Waals surface area contributed by atoms with Crippen LogP contribution in [0.5, 0.6) is 5.75 Å². The Morgan fingerprint density at radius 3 is 2.43 bits per heavy atom. The summed E-state index contributed by atoms with van der Waals surface area (Å²) in [7, 11) is 0. The molecule has 0 N–H and O–H groups in total. The number of hydrogen-bond acceptors (Lipinski definition) is 2. The van der Waals surface area contributed by atoms with Gasteiger partial charge in [-0.05, 0) is 24.4 Å². The summed E-state index contributed by atoms with van der Waals surface area (Å²) in [6, 6.07) is 4.31. The zero-order chi connectivity index (χ0) is 10.8. The van der Waals surface area contributed by atoms with E-state index in [9.17, 15) is 17.6 Å². The van der Waals surface area contributed by atoms with Crippen molar-refractivity contribution in [2.24, 2.45) is 0 Å². The summed E-state index contributed by atoms with van der Waals surface area (Å²) in [5, 5.41) is -1.54. The van der Waals surface area contributed by atoms with Crippen LogP contribution in [0, 0.1) is 5.82 Å². The van der Waals surface area contributed by atoms with Crippen LogP contribution in [-0.4, -0.2) is 11.2 Å². The molecule has 1 aromatic carbocycles. The fourth-order valence-electron chi connectivity index (χ4n) is 0.695. The van der Waals surface area contributed by atoms with Crippen molar-refractivity contribution < 1.29 is 22.3 Å². The van der Waals surface area contributed by atoms with Gasteiger partial charge in [0.15, 0.2) is 0 Å². The van der Waals surface area contributed by atoms with Gasteiger partial charge in [-0.25, -0.2) is 4.39 Å². The lowest BCUT2D eigenvalue weighted by Crippen LogP contribution is -2.26. The maximum absolute atomic E-state index is 12.5. The molecular formula is C8H4F4OS. The zero-order valence-electron chi connectivity index (χ0n) is 6.64. The van der Waals surface area contributed by atoms with E-state index in [2.05, 4.69) is 17.0 Å². The number of alkyl halides is 3. The second-order valence-corrected chi connectivity index (χ2v) is 2.72. The second-order valence-electron chi connectivity index (χ2n) is 2.34. The van der Waals surface area contributed by atoms with Crippen LogP contribution in [0.2, 0.25) is 0 Å². The van der Waals surface area contributed by atoms with Crippen molar-refractivity contribution >= 4 is 17.3 Å². The Kier molecular flexibility index (Phi) is 3.05. The van der Waals surface area contributed by atoms with Crippen molar-refractivity contribution in [1.29, 1.82) is 0 Å². The highest BCUT2D eigenvalue weighted by Crippen LogP contribution is 2.21. The number of ether oxygens (including phenoxy) is 1. The standard InChI is InChI=1S/C8H4F4OS/c9-5-2-1-3-6(4-5)13-7(14)8(10,11)12/h1-4H. The third-order valence-corrected chi connectivity index (χ3v) is 1.55. The lowest BCUT2D eigenvalue weighted by atomic mass is 10.3. The van der Waals surface area contributed by atoms with E-state index in [1.165, 1.54) is 12.1 Å². The molecule has 1 nitrogen and oxygen atoms in total. The number of hydrogen-bond donors (Lipinski definition) is 0. The highest BCUT2D eigenvalue weighted by atomic mass is 32.1. The summed E-state index contributed by atoms with van der Waals surface area (Å²) in [6.45, 7) is 0. The summed E-state index contributed by atoms with van der Waals surface area (Å²) in [5.41, 5.74) is 0. The topological polar surface area (TPSA) is 9.23 Å². The van der Waals surface area contributed by atoms with E-state index in [1.54, 1.807) is 0 Å². The Morgan fingerprint density at radius 2 is 1.93 bits per heavy atom. The molecule has 0 radical (unpaired) electrons. The molecule has 0 fully saturated rings. The van der Waals surface area contributed by atoms with Gasteiger partial charge in [-0.3, -0.25) is 0 Å². The summed E-state index contributed by atoms with van der Waals surface area (Å²) in [4.78, 5) is 0. The summed E-state index contributed by atoms with van der Waals surface area (Å²) in [6.07, 6.45) is -4.71. The van der Waals surface area contributed by atoms with Gasteiger partial charge < -0.3 is 4.74 Å². The Bertz CT molecular complexity index is 347. The molecule has 0 spiro atoms. The molecule has 0 heterocycles. The van der Waals surface area contributed by atoms with Crippen molar-refractivity contribution in [2.75, 3.05) is 0 Å². The molecule has 1 rings (SSSR count). The smallest absolute Gasteiger partial charge is 0.441 e. The average molecular weight is 224 g/mol. The van der Waals surface area contributed by atoms with Crippen LogP contribution in [0.15, 0.2) is 24.3 Å². The van der Waals surface area contributed by atoms with Gasteiger partial charge in [-0.2, -0.15) is 13.2 Å². The molecule has 0 saturated heterocycles. The maximum Gasteiger partial charge on any atom is 0.460 e. The molecule has 6 heteroatoms. The van der Waals surface area contributed by atoms with Gasteiger partial charge in [0.1, 0.15) is 11.6 Å². The van der Waals surface area contributed by atoms with Crippen LogP contribution in [0.4, 0.5) is 17.6 Å². The SMILES string of the molecule is Fc1cccc(OC(=S)C(F)(F)F)c1. The predicted octanol–water partition coefficient (Wildman–Crippen LogP) is 3.09. The summed E-state index contributed by atoms with van der Waals surface area (Å²) in [5.74, 6) is -0.959. The van der Waals surface area contributed by atoms with E-state index in [-0.39, 0.29) is 5.75 Å². The molecule has 14 heavy (non-hydrogen) atoms. The van der Waals surface area contributed by atoms with E-state index in [4.69, 9.17) is 0 Å². The Morgan fingerprint density at radius 1 is 1.29 bits per heavy atom. The minimum absolute atomic E-state index is 0.271. The predicted molar refractivity (Wildman–Crippen MR) is 45.7 cm³/mol. The third kappa shape index (κ3) is 2.95. The highest BCUT2D eigenvalue weighted by molar-refractivity contribution is 7.80. The Labute approximate surface area is 82.3 Å². The minimum atomic E-state index is -4.71. The van der Waals surface area contributed by atoms with Gasteiger partial charge in [0.25, 0.3) is 5.05 Å². The largest absolute Gasteiger partial charge is 0.460 e. The lowest BCUT2D eigenvalue weighted by molar-refractivity contribution is -0.0677. The number of thiocarbonyl (C=S) groups is 1. The third-order valence-electron chi connectivity index (χ3n) is 1.24. The molecular weight excluding hydrogens is 220 g/mol. The van der Waals surface area contributed by atoms with Crippen molar-refractivity contribution in [3.05, 3.63) is 30.1 Å².